The van der Waals surface area contributed by atoms with E-state index in [-0.39, 0.29) is 17.1 Å². The first-order chi connectivity index (χ1) is 14.3. The number of halogens is 2. The second-order valence-electron chi connectivity index (χ2n) is 6.11. The Bertz CT molecular complexity index is 1060. The molecule has 30 heavy (non-hydrogen) atoms. The Morgan fingerprint density at radius 2 is 1.90 bits per heavy atom. The molecule has 2 aromatic rings. The van der Waals surface area contributed by atoms with Crippen molar-refractivity contribution in [3.8, 4) is 5.75 Å². The summed E-state index contributed by atoms with van der Waals surface area (Å²) in [5.41, 5.74) is 1.10. The SMILES string of the molecule is C=CCOc1c(Br)cc(C=C2SC(=O)N(Cc3cccc([N+](=O)[O-])c3)C2=O)cc1Br. The summed E-state index contributed by atoms with van der Waals surface area (Å²) in [6, 6.07) is 9.41. The standard InChI is InChI=1S/C20H14Br2N2O5S/c1-2-6-29-18-15(21)8-13(9-16(18)22)10-17-19(25)23(20(26)30-17)11-12-4-3-5-14(7-12)24(27)28/h2-5,7-10H,1,6,11H2. The first-order valence-electron chi connectivity index (χ1n) is 8.51. The normalized spacial score (nSPS) is 15.0. The summed E-state index contributed by atoms with van der Waals surface area (Å²) in [5.74, 6) is 0.154. The summed E-state index contributed by atoms with van der Waals surface area (Å²) in [7, 11) is 0. The lowest BCUT2D eigenvalue weighted by atomic mass is 10.2. The van der Waals surface area contributed by atoms with Crippen molar-refractivity contribution in [1.82, 2.24) is 4.90 Å². The van der Waals surface area contributed by atoms with E-state index in [2.05, 4.69) is 38.4 Å². The van der Waals surface area contributed by atoms with Gasteiger partial charge in [-0.05, 0) is 73.0 Å². The number of ether oxygens (including phenoxy) is 1. The highest BCUT2D eigenvalue weighted by Crippen LogP contribution is 2.38. The fourth-order valence-electron chi connectivity index (χ4n) is 2.68. The second-order valence-corrected chi connectivity index (χ2v) is 8.81. The smallest absolute Gasteiger partial charge is 0.293 e. The van der Waals surface area contributed by atoms with Crippen molar-refractivity contribution in [3.63, 3.8) is 0 Å². The quantitative estimate of drug-likeness (QED) is 0.183. The van der Waals surface area contributed by atoms with Crippen LogP contribution in [-0.4, -0.2) is 27.6 Å². The Morgan fingerprint density at radius 3 is 2.53 bits per heavy atom. The molecule has 1 aliphatic heterocycles. The van der Waals surface area contributed by atoms with Crippen LogP contribution in [0.5, 0.6) is 5.75 Å². The zero-order chi connectivity index (χ0) is 21.8. The van der Waals surface area contributed by atoms with E-state index in [4.69, 9.17) is 4.74 Å². The van der Waals surface area contributed by atoms with Crippen molar-refractivity contribution in [2.75, 3.05) is 6.61 Å². The Morgan fingerprint density at radius 1 is 1.20 bits per heavy atom. The lowest BCUT2D eigenvalue weighted by Gasteiger charge is -2.12. The molecular weight excluding hydrogens is 540 g/mol. The Labute approximate surface area is 193 Å². The molecule has 0 radical (unpaired) electrons. The van der Waals surface area contributed by atoms with E-state index in [0.717, 1.165) is 16.7 Å². The zero-order valence-electron chi connectivity index (χ0n) is 15.3. The molecule has 0 spiro atoms. The predicted octanol–water partition coefficient (Wildman–Crippen LogP) is 5.92. The van der Waals surface area contributed by atoms with Gasteiger partial charge in [0.15, 0.2) is 0 Å². The van der Waals surface area contributed by atoms with E-state index in [0.29, 0.717) is 32.4 Å². The molecule has 1 heterocycles. The number of nitro benzene ring substituents is 1. The van der Waals surface area contributed by atoms with Crippen molar-refractivity contribution in [3.05, 3.63) is 84.1 Å². The molecule has 2 amide bonds. The molecule has 3 rings (SSSR count). The lowest BCUT2D eigenvalue weighted by molar-refractivity contribution is -0.384. The maximum Gasteiger partial charge on any atom is 0.293 e. The van der Waals surface area contributed by atoms with Crippen molar-refractivity contribution in [2.24, 2.45) is 0 Å². The van der Waals surface area contributed by atoms with Crippen LogP contribution in [-0.2, 0) is 11.3 Å². The minimum absolute atomic E-state index is 0.0363. The number of nitrogens with zero attached hydrogens (tertiary/aromatic N) is 2. The number of carbonyl (C=O) groups excluding carboxylic acids is 2. The van der Waals surface area contributed by atoms with Gasteiger partial charge in [0.1, 0.15) is 12.4 Å². The minimum atomic E-state index is -0.518. The van der Waals surface area contributed by atoms with Gasteiger partial charge in [-0.1, -0.05) is 24.8 Å². The van der Waals surface area contributed by atoms with E-state index >= 15 is 0 Å². The van der Waals surface area contributed by atoms with Gasteiger partial charge in [-0.2, -0.15) is 0 Å². The fourth-order valence-corrected chi connectivity index (χ4v) is 4.97. The molecule has 0 unspecified atom stereocenters. The highest BCUT2D eigenvalue weighted by atomic mass is 79.9. The molecule has 0 aromatic heterocycles. The molecule has 0 saturated carbocycles. The fraction of sp³-hybridized carbons (Fsp3) is 0.100. The Balaban J connectivity index is 1.82. The molecule has 0 atom stereocenters. The highest BCUT2D eigenvalue weighted by Gasteiger charge is 2.35. The highest BCUT2D eigenvalue weighted by molar-refractivity contribution is 9.11. The van der Waals surface area contributed by atoms with E-state index in [1.807, 2.05) is 0 Å². The summed E-state index contributed by atoms with van der Waals surface area (Å²) in [6.45, 7) is 3.92. The number of rotatable bonds is 7. The second kappa shape index (κ2) is 9.59. The number of benzene rings is 2. The third-order valence-electron chi connectivity index (χ3n) is 4.00. The molecule has 2 aromatic carbocycles. The molecule has 1 aliphatic rings. The molecule has 10 heteroatoms. The van der Waals surface area contributed by atoms with E-state index in [9.17, 15) is 19.7 Å². The summed E-state index contributed by atoms with van der Waals surface area (Å²) >= 11 is 7.70. The molecule has 154 valence electrons. The number of carbonyl (C=O) groups is 2. The van der Waals surface area contributed by atoms with Crippen molar-refractivity contribution in [2.45, 2.75) is 6.54 Å². The summed E-state index contributed by atoms with van der Waals surface area (Å²) < 4.78 is 6.94. The molecule has 1 saturated heterocycles. The molecule has 0 aliphatic carbocycles. The van der Waals surface area contributed by atoms with E-state index < -0.39 is 16.1 Å². The van der Waals surface area contributed by atoms with Gasteiger partial charge in [0.25, 0.3) is 16.8 Å². The predicted molar refractivity (Wildman–Crippen MR) is 122 cm³/mol. The maximum atomic E-state index is 12.7. The molecule has 1 fully saturated rings. The molecular formula is C20H14Br2N2O5S. The van der Waals surface area contributed by atoms with Crippen molar-refractivity contribution < 1.29 is 19.2 Å². The summed E-state index contributed by atoms with van der Waals surface area (Å²) in [6.07, 6.45) is 3.25. The van der Waals surface area contributed by atoms with Gasteiger partial charge in [-0.3, -0.25) is 24.6 Å². The number of nitro groups is 1. The van der Waals surface area contributed by atoms with Gasteiger partial charge in [0, 0.05) is 12.1 Å². The number of hydrogen-bond donors (Lipinski definition) is 0. The topological polar surface area (TPSA) is 89.8 Å². The summed E-state index contributed by atoms with van der Waals surface area (Å²) in [4.78, 5) is 36.9. The monoisotopic (exact) mass is 552 g/mol. The van der Waals surface area contributed by atoms with Gasteiger partial charge in [-0.25, -0.2) is 0 Å². The summed E-state index contributed by atoms with van der Waals surface area (Å²) in [5, 5.41) is 10.5. The largest absolute Gasteiger partial charge is 0.487 e. The number of amides is 2. The van der Waals surface area contributed by atoms with E-state index in [1.54, 1.807) is 30.4 Å². The lowest BCUT2D eigenvalue weighted by Crippen LogP contribution is -2.27. The van der Waals surface area contributed by atoms with Gasteiger partial charge in [0.05, 0.1) is 25.3 Å². The Kier molecular flexibility index (Phi) is 7.11. The number of hydrogen-bond acceptors (Lipinski definition) is 6. The van der Waals surface area contributed by atoms with Crippen LogP contribution in [0.3, 0.4) is 0 Å². The maximum absolute atomic E-state index is 12.7. The first-order valence-corrected chi connectivity index (χ1v) is 10.9. The first kappa shape index (κ1) is 22.3. The van der Waals surface area contributed by atoms with Crippen LogP contribution in [0.2, 0.25) is 0 Å². The Hall–Kier alpha value is -2.43. The third kappa shape index (κ3) is 5.00. The van der Waals surface area contributed by atoms with Crippen molar-refractivity contribution >= 4 is 66.5 Å². The molecule has 0 bridgehead atoms. The minimum Gasteiger partial charge on any atom is -0.487 e. The average molecular weight is 554 g/mol. The number of thioether (sulfide) groups is 1. The third-order valence-corrected chi connectivity index (χ3v) is 6.09. The number of imide groups is 1. The number of non-ortho nitro benzene ring substituents is 1. The average Bonchev–Trinajstić information content (AvgIpc) is 2.95. The van der Waals surface area contributed by atoms with Crippen LogP contribution < -0.4 is 4.74 Å². The van der Waals surface area contributed by atoms with Crippen LogP contribution in [0.4, 0.5) is 10.5 Å². The van der Waals surface area contributed by atoms with Crippen LogP contribution in [0.1, 0.15) is 11.1 Å². The van der Waals surface area contributed by atoms with Crippen LogP contribution in [0, 0.1) is 10.1 Å². The van der Waals surface area contributed by atoms with Crippen LogP contribution >= 0.6 is 43.6 Å². The van der Waals surface area contributed by atoms with Crippen LogP contribution in [0.25, 0.3) is 6.08 Å². The zero-order valence-corrected chi connectivity index (χ0v) is 19.3. The van der Waals surface area contributed by atoms with Crippen LogP contribution in [0.15, 0.2) is 62.9 Å². The van der Waals surface area contributed by atoms with Gasteiger partial charge < -0.3 is 4.74 Å². The van der Waals surface area contributed by atoms with Gasteiger partial charge >= 0.3 is 0 Å². The molecule has 7 nitrogen and oxygen atoms in total. The van der Waals surface area contributed by atoms with E-state index in [1.165, 1.54) is 18.2 Å². The van der Waals surface area contributed by atoms with Gasteiger partial charge in [0.2, 0.25) is 0 Å². The molecule has 0 N–H and O–H groups in total. The van der Waals surface area contributed by atoms with Crippen molar-refractivity contribution in [1.29, 1.82) is 0 Å². The van der Waals surface area contributed by atoms with Gasteiger partial charge in [-0.15, -0.1) is 0 Å².